The molecule has 0 heterocycles. The summed E-state index contributed by atoms with van der Waals surface area (Å²) in [5, 5.41) is 37.7. The largest absolute Gasteiger partial charge is 0.508 e. The van der Waals surface area contributed by atoms with Gasteiger partial charge in [0.1, 0.15) is 23.0 Å². The Bertz CT molecular complexity index is 1150. The van der Waals surface area contributed by atoms with Crippen LogP contribution in [0.15, 0.2) is 97.1 Å². The molecule has 0 saturated carbocycles. The van der Waals surface area contributed by atoms with E-state index in [0.29, 0.717) is 17.4 Å². The zero-order chi connectivity index (χ0) is 28.3. The van der Waals surface area contributed by atoms with Crippen LogP contribution < -0.4 is 0 Å². The van der Waals surface area contributed by atoms with Gasteiger partial charge in [-0.25, -0.2) is 0 Å². The summed E-state index contributed by atoms with van der Waals surface area (Å²) in [6.45, 7) is 6.60. The fourth-order valence-electron chi connectivity index (χ4n) is 5.10. The summed E-state index contributed by atoms with van der Waals surface area (Å²) in [5.74, 6) is 1.46. The van der Waals surface area contributed by atoms with Gasteiger partial charge in [0.15, 0.2) is 0 Å². The molecule has 0 aromatic heterocycles. The van der Waals surface area contributed by atoms with E-state index in [2.05, 4.69) is 20.8 Å². The van der Waals surface area contributed by atoms with Crippen LogP contribution in [0.4, 0.5) is 0 Å². The van der Waals surface area contributed by atoms with E-state index in [1.807, 2.05) is 48.5 Å². The van der Waals surface area contributed by atoms with Crippen molar-refractivity contribution in [3.8, 4) is 23.0 Å². The number of phenolic OH excluding ortho intramolecular Hbond substituents is 4. The summed E-state index contributed by atoms with van der Waals surface area (Å²) in [4.78, 5) is 0. The second-order valence-electron chi connectivity index (χ2n) is 10.4. The van der Waals surface area contributed by atoms with Gasteiger partial charge < -0.3 is 20.4 Å². The lowest BCUT2D eigenvalue weighted by Gasteiger charge is -2.31. The van der Waals surface area contributed by atoms with Gasteiger partial charge in [-0.1, -0.05) is 95.0 Å². The third-order valence-electron chi connectivity index (χ3n) is 7.54. The fraction of sp³-hybridized carbons (Fsp3) is 0.314. The molecule has 4 heteroatoms. The van der Waals surface area contributed by atoms with Crippen molar-refractivity contribution in [1.82, 2.24) is 0 Å². The van der Waals surface area contributed by atoms with Crippen LogP contribution in [0.1, 0.15) is 87.5 Å². The molecule has 0 atom stereocenters. The first-order chi connectivity index (χ1) is 18.8. The summed E-state index contributed by atoms with van der Waals surface area (Å²) in [7, 11) is 0. The Labute approximate surface area is 233 Å². The van der Waals surface area contributed by atoms with Crippen molar-refractivity contribution in [2.75, 3.05) is 0 Å². The Morgan fingerprint density at radius 1 is 0.513 bits per heavy atom. The van der Waals surface area contributed by atoms with Gasteiger partial charge in [-0.15, -0.1) is 0 Å². The summed E-state index contributed by atoms with van der Waals surface area (Å²) in [5.41, 5.74) is 4.65. The number of rotatable bonds is 10. The predicted octanol–water partition coefficient (Wildman–Crippen LogP) is 9.01. The number of hydrogen-bond acceptors (Lipinski definition) is 4. The molecule has 0 fully saturated rings. The van der Waals surface area contributed by atoms with Crippen LogP contribution in [-0.2, 0) is 5.41 Å². The minimum atomic E-state index is -0.102. The smallest absolute Gasteiger partial charge is 0.115 e. The van der Waals surface area contributed by atoms with Crippen LogP contribution in [-0.4, -0.2) is 20.4 Å². The molecule has 4 rings (SSSR count). The Kier molecular flexibility index (Phi) is 10.9. The van der Waals surface area contributed by atoms with E-state index in [4.69, 9.17) is 0 Å². The molecular formula is C35H42O4. The van der Waals surface area contributed by atoms with Crippen molar-refractivity contribution < 1.29 is 20.4 Å². The van der Waals surface area contributed by atoms with Crippen molar-refractivity contribution in [1.29, 1.82) is 0 Å². The highest BCUT2D eigenvalue weighted by molar-refractivity contribution is 5.42. The molecule has 0 saturated heterocycles. The predicted molar refractivity (Wildman–Crippen MR) is 160 cm³/mol. The molecule has 0 spiro atoms. The van der Waals surface area contributed by atoms with Crippen LogP contribution in [0.5, 0.6) is 23.0 Å². The zero-order valence-corrected chi connectivity index (χ0v) is 23.3. The highest BCUT2D eigenvalue weighted by Gasteiger charge is 2.28. The highest BCUT2D eigenvalue weighted by atomic mass is 16.3. The molecule has 0 radical (unpaired) electrons. The van der Waals surface area contributed by atoms with Gasteiger partial charge in [0.2, 0.25) is 0 Å². The van der Waals surface area contributed by atoms with Gasteiger partial charge in [-0.3, -0.25) is 0 Å². The molecular weight excluding hydrogens is 484 g/mol. The third kappa shape index (κ3) is 8.28. The standard InChI is InChI=1S/C20H26O2.C15H16O2/c1-3-4-5-6-15-20(2,16-7-11-18(21)12-8-16)17-9-13-19(22)14-10-17;1-2-15(11-3-7-13(16)8-4-11)12-5-9-14(17)10-6-12/h7-14,21-22H,3-6,15H2,1-2H3;3-10,15-17H,2H2,1H3. The van der Waals surface area contributed by atoms with Gasteiger partial charge >= 0.3 is 0 Å². The van der Waals surface area contributed by atoms with Crippen molar-refractivity contribution in [3.05, 3.63) is 119 Å². The summed E-state index contributed by atoms with van der Waals surface area (Å²) < 4.78 is 0. The minimum absolute atomic E-state index is 0.102. The quantitative estimate of drug-likeness (QED) is 0.155. The number of unbranched alkanes of at least 4 members (excludes halogenated alkanes) is 3. The van der Waals surface area contributed by atoms with E-state index in [0.717, 1.165) is 12.8 Å². The lowest BCUT2D eigenvalue weighted by atomic mass is 9.72. The van der Waals surface area contributed by atoms with Gasteiger partial charge in [0.05, 0.1) is 0 Å². The third-order valence-corrected chi connectivity index (χ3v) is 7.54. The second-order valence-corrected chi connectivity index (χ2v) is 10.4. The lowest BCUT2D eigenvalue weighted by Crippen LogP contribution is -2.23. The van der Waals surface area contributed by atoms with Gasteiger partial charge in [-0.2, -0.15) is 0 Å². The SMILES string of the molecule is CCC(c1ccc(O)cc1)c1ccc(O)cc1.CCCCCCC(C)(c1ccc(O)cc1)c1ccc(O)cc1. The molecule has 0 aliphatic heterocycles. The van der Waals surface area contributed by atoms with Gasteiger partial charge in [0.25, 0.3) is 0 Å². The monoisotopic (exact) mass is 526 g/mol. The maximum absolute atomic E-state index is 9.54. The molecule has 0 amide bonds. The molecule has 0 unspecified atom stereocenters. The molecule has 0 bridgehead atoms. The average molecular weight is 527 g/mol. The van der Waals surface area contributed by atoms with Crippen LogP contribution >= 0.6 is 0 Å². The minimum Gasteiger partial charge on any atom is -0.508 e. The Morgan fingerprint density at radius 2 is 0.872 bits per heavy atom. The normalized spacial score (nSPS) is 11.2. The first kappa shape index (κ1) is 29.6. The first-order valence-electron chi connectivity index (χ1n) is 13.9. The summed E-state index contributed by atoms with van der Waals surface area (Å²) >= 11 is 0. The van der Waals surface area contributed by atoms with E-state index in [1.165, 1.54) is 47.9 Å². The molecule has 4 aromatic carbocycles. The van der Waals surface area contributed by atoms with E-state index >= 15 is 0 Å². The van der Waals surface area contributed by atoms with Crippen LogP contribution in [0, 0.1) is 0 Å². The highest BCUT2D eigenvalue weighted by Crippen LogP contribution is 2.38. The number of aromatic hydroxyl groups is 4. The van der Waals surface area contributed by atoms with Crippen molar-refractivity contribution in [2.45, 2.75) is 70.6 Å². The van der Waals surface area contributed by atoms with Crippen molar-refractivity contribution >= 4 is 0 Å². The number of hydrogen-bond donors (Lipinski definition) is 4. The van der Waals surface area contributed by atoms with Crippen LogP contribution in [0.2, 0.25) is 0 Å². The fourth-order valence-corrected chi connectivity index (χ4v) is 5.10. The van der Waals surface area contributed by atoms with Gasteiger partial charge in [0, 0.05) is 11.3 Å². The van der Waals surface area contributed by atoms with Crippen LogP contribution in [0.3, 0.4) is 0 Å². The Morgan fingerprint density at radius 3 is 1.21 bits per heavy atom. The maximum Gasteiger partial charge on any atom is 0.115 e. The average Bonchev–Trinajstić information content (AvgIpc) is 2.94. The molecule has 4 N–H and O–H groups in total. The lowest BCUT2D eigenvalue weighted by molar-refractivity contribution is 0.462. The van der Waals surface area contributed by atoms with Crippen LogP contribution in [0.25, 0.3) is 0 Å². The molecule has 0 aliphatic carbocycles. The maximum atomic E-state index is 9.54. The molecule has 0 aliphatic rings. The van der Waals surface area contributed by atoms with E-state index < -0.39 is 0 Å². The number of phenols is 4. The first-order valence-corrected chi connectivity index (χ1v) is 13.9. The summed E-state index contributed by atoms with van der Waals surface area (Å²) in [6, 6.07) is 29.6. The van der Waals surface area contributed by atoms with E-state index in [1.54, 1.807) is 48.5 Å². The van der Waals surface area contributed by atoms with E-state index in [-0.39, 0.29) is 16.9 Å². The Hall–Kier alpha value is -3.92. The van der Waals surface area contributed by atoms with Gasteiger partial charge in [-0.05, 0) is 83.6 Å². The summed E-state index contributed by atoms with van der Waals surface area (Å²) in [6.07, 6.45) is 6.95. The van der Waals surface area contributed by atoms with Crippen molar-refractivity contribution in [2.24, 2.45) is 0 Å². The molecule has 206 valence electrons. The molecule has 39 heavy (non-hydrogen) atoms. The molecule has 4 nitrogen and oxygen atoms in total. The Balaban J connectivity index is 0.000000223. The second kappa shape index (κ2) is 14.3. The topological polar surface area (TPSA) is 80.9 Å². The number of benzene rings is 4. The van der Waals surface area contributed by atoms with E-state index in [9.17, 15) is 20.4 Å². The van der Waals surface area contributed by atoms with Crippen molar-refractivity contribution in [3.63, 3.8) is 0 Å². The molecule has 4 aromatic rings. The zero-order valence-electron chi connectivity index (χ0n) is 23.3.